The second-order valence-corrected chi connectivity index (χ2v) is 3.27. The molecular weight excluding hydrogens is 227 g/mol. The van der Waals surface area contributed by atoms with Crippen molar-refractivity contribution in [2.45, 2.75) is 0 Å². The first-order valence-electron chi connectivity index (χ1n) is 3.64. The maximum Gasteiger partial charge on any atom is 0.190 e. The minimum atomic E-state index is -0.618. The van der Waals surface area contributed by atoms with Crippen molar-refractivity contribution in [2.24, 2.45) is 5.73 Å². The topological polar surface area (TPSA) is 47.3 Å². The molecule has 0 aliphatic carbocycles. The van der Waals surface area contributed by atoms with Crippen molar-refractivity contribution in [3.8, 4) is 5.75 Å². The molecule has 0 fully saturated rings. The summed E-state index contributed by atoms with van der Waals surface area (Å²) in [6.45, 7) is 0. The van der Waals surface area contributed by atoms with Gasteiger partial charge in [0.25, 0.3) is 0 Å². The van der Waals surface area contributed by atoms with Crippen LogP contribution in [-0.2, 0) is 0 Å². The molecule has 14 heavy (non-hydrogen) atoms. The number of ether oxygens (including phenoxy) is 1. The first kappa shape index (κ1) is 11.0. The standard InChI is InChI=1S/C8H8ClFN2OS/c1-13-5-3-2-4(9)7(6(5)10)12-8(11)14/h2-3H,1H3,(H3,11,12,14). The van der Waals surface area contributed by atoms with Crippen LogP contribution < -0.4 is 15.8 Å². The van der Waals surface area contributed by atoms with Crippen LogP contribution in [0.1, 0.15) is 0 Å². The van der Waals surface area contributed by atoms with Gasteiger partial charge in [-0.15, -0.1) is 0 Å². The molecule has 0 radical (unpaired) electrons. The number of nitrogens with two attached hydrogens (primary N) is 1. The molecular formula is C8H8ClFN2OS. The van der Waals surface area contributed by atoms with Crippen LogP contribution in [-0.4, -0.2) is 12.2 Å². The summed E-state index contributed by atoms with van der Waals surface area (Å²) in [4.78, 5) is 0. The molecule has 0 saturated carbocycles. The lowest BCUT2D eigenvalue weighted by Gasteiger charge is -2.10. The van der Waals surface area contributed by atoms with E-state index in [-0.39, 0.29) is 21.6 Å². The fourth-order valence-corrected chi connectivity index (χ4v) is 1.22. The molecule has 0 heterocycles. The maximum absolute atomic E-state index is 13.5. The number of halogens is 2. The molecule has 0 amide bonds. The third kappa shape index (κ3) is 2.24. The molecule has 1 aromatic carbocycles. The van der Waals surface area contributed by atoms with Crippen LogP contribution in [0.2, 0.25) is 5.02 Å². The quantitative estimate of drug-likeness (QED) is 0.770. The van der Waals surface area contributed by atoms with Crippen LogP contribution in [0, 0.1) is 5.82 Å². The molecule has 3 nitrogen and oxygen atoms in total. The molecule has 0 atom stereocenters. The van der Waals surface area contributed by atoms with Gasteiger partial charge in [0.05, 0.1) is 17.8 Å². The zero-order valence-electron chi connectivity index (χ0n) is 7.30. The first-order chi connectivity index (χ1) is 6.56. The Morgan fingerprint density at radius 1 is 1.64 bits per heavy atom. The number of anilines is 1. The average Bonchev–Trinajstić information content (AvgIpc) is 2.12. The normalized spacial score (nSPS) is 9.64. The highest BCUT2D eigenvalue weighted by Gasteiger charge is 2.12. The van der Waals surface area contributed by atoms with Crippen molar-refractivity contribution in [1.29, 1.82) is 0 Å². The lowest BCUT2D eigenvalue weighted by molar-refractivity contribution is 0.387. The second-order valence-electron chi connectivity index (χ2n) is 2.43. The van der Waals surface area contributed by atoms with E-state index in [0.29, 0.717) is 0 Å². The lowest BCUT2D eigenvalue weighted by Crippen LogP contribution is -2.20. The number of thiocarbonyl (C=S) groups is 1. The molecule has 0 unspecified atom stereocenters. The van der Waals surface area contributed by atoms with Gasteiger partial charge in [0.2, 0.25) is 0 Å². The Morgan fingerprint density at radius 3 is 2.79 bits per heavy atom. The minimum Gasteiger partial charge on any atom is -0.494 e. The second kappa shape index (κ2) is 4.43. The monoisotopic (exact) mass is 234 g/mol. The molecule has 0 spiro atoms. The van der Waals surface area contributed by atoms with Gasteiger partial charge in [0.15, 0.2) is 16.7 Å². The summed E-state index contributed by atoms with van der Waals surface area (Å²) < 4.78 is 18.3. The zero-order chi connectivity index (χ0) is 10.7. The predicted molar refractivity (Wildman–Crippen MR) is 58.4 cm³/mol. The number of methoxy groups -OCH3 is 1. The van der Waals surface area contributed by atoms with Crippen LogP contribution in [0.25, 0.3) is 0 Å². The molecule has 1 rings (SSSR count). The maximum atomic E-state index is 13.5. The summed E-state index contributed by atoms with van der Waals surface area (Å²) in [5, 5.41) is 2.57. The van der Waals surface area contributed by atoms with Gasteiger partial charge >= 0.3 is 0 Å². The average molecular weight is 235 g/mol. The van der Waals surface area contributed by atoms with E-state index in [1.54, 1.807) is 0 Å². The van der Waals surface area contributed by atoms with E-state index in [1.165, 1.54) is 19.2 Å². The van der Waals surface area contributed by atoms with Crippen LogP contribution in [0.15, 0.2) is 12.1 Å². The SMILES string of the molecule is COc1ccc(Cl)c(NC(N)=S)c1F. The van der Waals surface area contributed by atoms with E-state index in [0.717, 1.165) is 0 Å². The molecule has 0 bridgehead atoms. The highest BCUT2D eigenvalue weighted by molar-refractivity contribution is 7.80. The highest BCUT2D eigenvalue weighted by atomic mass is 35.5. The van der Waals surface area contributed by atoms with E-state index >= 15 is 0 Å². The third-order valence-electron chi connectivity index (χ3n) is 1.52. The Balaban J connectivity index is 3.18. The van der Waals surface area contributed by atoms with Gasteiger partial charge in [-0.25, -0.2) is 4.39 Å². The van der Waals surface area contributed by atoms with Gasteiger partial charge in [-0.3, -0.25) is 0 Å². The predicted octanol–water partition coefficient (Wildman–Crippen LogP) is 2.14. The smallest absolute Gasteiger partial charge is 0.190 e. The van der Waals surface area contributed by atoms with Gasteiger partial charge in [0.1, 0.15) is 0 Å². The Bertz CT molecular complexity index is 373. The molecule has 1 aromatic rings. The summed E-state index contributed by atoms with van der Waals surface area (Å²) in [5.41, 5.74) is 5.23. The summed E-state index contributed by atoms with van der Waals surface area (Å²) in [7, 11) is 1.36. The van der Waals surface area contributed by atoms with E-state index in [1.807, 2.05) is 0 Å². The Hall–Kier alpha value is -1.07. The van der Waals surface area contributed by atoms with E-state index in [9.17, 15) is 4.39 Å². The van der Waals surface area contributed by atoms with E-state index in [4.69, 9.17) is 22.1 Å². The molecule has 6 heteroatoms. The summed E-state index contributed by atoms with van der Waals surface area (Å²) in [6, 6.07) is 2.91. The third-order valence-corrected chi connectivity index (χ3v) is 1.94. The first-order valence-corrected chi connectivity index (χ1v) is 4.43. The van der Waals surface area contributed by atoms with E-state index in [2.05, 4.69) is 17.5 Å². The van der Waals surface area contributed by atoms with Gasteiger partial charge in [-0.2, -0.15) is 0 Å². The Kier molecular flexibility index (Phi) is 3.49. The number of hydrogen-bond donors (Lipinski definition) is 2. The number of nitrogens with one attached hydrogen (secondary N) is 1. The Morgan fingerprint density at radius 2 is 2.29 bits per heavy atom. The Labute approximate surface area is 91.0 Å². The molecule has 0 aliphatic heterocycles. The largest absolute Gasteiger partial charge is 0.494 e. The van der Waals surface area contributed by atoms with Crippen molar-refractivity contribution in [1.82, 2.24) is 0 Å². The van der Waals surface area contributed by atoms with Gasteiger partial charge in [0, 0.05) is 0 Å². The van der Waals surface area contributed by atoms with E-state index < -0.39 is 5.82 Å². The summed E-state index contributed by atoms with van der Waals surface area (Å²) in [5.74, 6) is -0.541. The van der Waals surface area contributed by atoms with Crippen LogP contribution >= 0.6 is 23.8 Å². The molecule has 0 aliphatic rings. The van der Waals surface area contributed by atoms with Crippen LogP contribution in [0.4, 0.5) is 10.1 Å². The number of hydrogen-bond acceptors (Lipinski definition) is 2. The van der Waals surface area contributed by atoms with Gasteiger partial charge in [-0.1, -0.05) is 11.6 Å². The van der Waals surface area contributed by atoms with Crippen molar-refractivity contribution in [3.05, 3.63) is 23.0 Å². The van der Waals surface area contributed by atoms with Gasteiger partial charge in [-0.05, 0) is 24.4 Å². The summed E-state index contributed by atoms with van der Waals surface area (Å²) >= 11 is 10.3. The van der Waals surface area contributed by atoms with Crippen molar-refractivity contribution in [2.75, 3.05) is 12.4 Å². The van der Waals surface area contributed by atoms with Crippen molar-refractivity contribution in [3.63, 3.8) is 0 Å². The van der Waals surface area contributed by atoms with Crippen LogP contribution in [0.3, 0.4) is 0 Å². The molecule has 0 aromatic heterocycles. The summed E-state index contributed by atoms with van der Waals surface area (Å²) in [6.07, 6.45) is 0. The number of rotatable bonds is 2. The fraction of sp³-hybridized carbons (Fsp3) is 0.125. The molecule has 3 N–H and O–H groups in total. The lowest BCUT2D eigenvalue weighted by atomic mass is 10.3. The number of benzene rings is 1. The zero-order valence-corrected chi connectivity index (χ0v) is 8.88. The van der Waals surface area contributed by atoms with Gasteiger partial charge < -0.3 is 15.8 Å². The van der Waals surface area contributed by atoms with Crippen molar-refractivity contribution >= 4 is 34.6 Å². The van der Waals surface area contributed by atoms with Crippen LogP contribution in [0.5, 0.6) is 5.75 Å². The minimum absolute atomic E-state index is 0.0264. The fourth-order valence-electron chi connectivity index (χ4n) is 0.929. The highest BCUT2D eigenvalue weighted by Crippen LogP contribution is 2.31. The molecule has 0 saturated heterocycles. The molecule has 76 valence electrons. The van der Waals surface area contributed by atoms with Crippen molar-refractivity contribution < 1.29 is 9.13 Å².